The second-order valence-electron chi connectivity index (χ2n) is 7.82. The Hall–Kier alpha value is -0.120. The second kappa shape index (κ2) is 4.44. The topological polar surface area (TPSA) is 38.7 Å². The van der Waals surface area contributed by atoms with E-state index in [0.29, 0.717) is 5.92 Å². The molecule has 0 unspecified atom stereocenters. The van der Waals surface area contributed by atoms with E-state index in [4.69, 9.17) is 9.47 Å². The fourth-order valence-corrected chi connectivity index (χ4v) is 6.23. The molecule has 3 heteroatoms. The molecule has 3 atom stereocenters. The second-order valence-corrected chi connectivity index (χ2v) is 7.82. The van der Waals surface area contributed by atoms with Gasteiger partial charge in [-0.25, -0.2) is 0 Å². The van der Waals surface area contributed by atoms with Gasteiger partial charge in [0.1, 0.15) is 0 Å². The quantitative estimate of drug-likeness (QED) is 0.740. The highest BCUT2D eigenvalue weighted by atomic mass is 16.7. The maximum Gasteiger partial charge on any atom is 0.174 e. The summed E-state index contributed by atoms with van der Waals surface area (Å²) in [6, 6.07) is 0. The Morgan fingerprint density at radius 1 is 0.900 bits per heavy atom. The number of hydrogen-bond donors (Lipinski definition) is 1. The number of ether oxygens (including phenoxy) is 2. The van der Waals surface area contributed by atoms with Crippen molar-refractivity contribution >= 4 is 0 Å². The van der Waals surface area contributed by atoms with Gasteiger partial charge in [0, 0.05) is 11.8 Å². The zero-order chi connectivity index (χ0) is 13.8. The van der Waals surface area contributed by atoms with Crippen molar-refractivity contribution in [3.8, 4) is 0 Å². The van der Waals surface area contributed by atoms with E-state index in [1.54, 1.807) is 0 Å². The summed E-state index contributed by atoms with van der Waals surface area (Å²) >= 11 is 0. The molecule has 4 aliphatic rings. The summed E-state index contributed by atoms with van der Waals surface area (Å²) in [4.78, 5) is 0. The average Bonchev–Trinajstić information content (AvgIpc) is 3.08. The van der Waals surface area contributed by atoms with Crippen LogP contribution in [0.25, 0.3) is 0 Å². The lowest BCUT2D eigenvalue weighted by Crippen LogP contribution is -2.63. The lowest BCUT2D eigenvalue weighted by molar-refractivity contribution is -0.307. The molecule has 4 fully saturated rings. The summed E-state index contributed by atoms with van der Waals surface area (Å²) in [5.74, 6) is 0.262. The van der Waals surface area contributed by atoms with E-state index in [2.05, 4.69) is 6.92 Å². The first-order chi connectivity index (χ1) is 9.63. The smallest absolute Gasteiger partial charge is 0.174 e. The predicted octanol–water partition coefficient (Wildman–Crippen LogP) is 3.25. The molecule has 4 rings (SSSR count). The molecule has 0 amide bonds. The number of fused-ring (bicyclic) bond motifs is 3. The molecule has 3 aliphatic carbocycles. The van der Waals surface area contributed by atoms with Crippen molar-refractivity contribution in [2.45, 2.75) is 76.6 Å². The monoisotopic (exact) mass is 280 g/mol. The van der Waals surface area contributed by atoms with E-state index < -0.39 is 0 Å². The van der Waals surface area contributed by atoms with E-state index in [1.165, 1.54) is 38.5 Å². The van der Waals surface area contributed by atoms with Gasteiger partial charge in [-0.3, -0.25) is 0 Å². The first-order valence-corrected chi connectivity index (χ1v) is 8.59. The van der Waals surface area contributed by atoms with Gasteiger partial charge in [0.2, 0.25) is 0 Å². The molecule has 3 nitrogen and oxygen atoms in total. The van der Waals surface area contributed by atoms with E-state index in [9.17, 15) is 5.11 Å². The molecule has 1 N–H and O–H groups in total. The number of aliphatic hydroxyl groups is 1. The maximum atomic E-state index is 10.7. The third kappa shape index (κ3) is 1.52. The van der Waals surface area contributed by atoms with Crippen molar-refractivity contribution in [3.05, 3.63) is 0 Å². The summed E-state index contributed by atoms with van der Waals surface area (Å²) in [6.07, 6.45) is 10.4. The zero-order valence-corrected chi connectivity index (χ0v) is 12.7. The minimum Gasteiger partial charge on any atom is -0.393 e. The number of hydrogen-bond acceptors (Lipinski definition) is 3. The van der Waals surface area contributed by atoms with Crippen LogP contribution in [-0.2, 0) is 9.47 Å². The summed E-state index contributed by atoms with van der Waals surface area (Å²) in [6.45, 7) is 3.85. The zero-order valence-electron chi connectivity index (χ0n) is 12.7. The van der Waals surface area contributed by atoms with Crippen LogP contribution in [0.1, 0.15) is 64.7 Å². The summed E-state index contributed by atoms with van der Waals surface area (Å²) in [7, 11) is 0. The van der Waals surface area contributed by atoms with Crippen LogP contribution in [-0.4, -0.2) is 30.2 Å². The molecule has 20 heavy (non-hydrogen) atoms. The van der Waals surface area contributed by atoms with Gasteiger partial charge in [0.15, 0.2) is 5.79 Å². The van der Waals surface area contributed by atoms with Crippen LogP contribution in [0.3, 0.4) is 0 Å². The maximum absolute atomic E-state index is 10.7. The number of rotatable bonds is 0. The molecule has 3 saturated carbocycles. The average molecular weight is 280 g/mol. The lowest BCUT2D eigenvalue weighted by Gasteiger charge is -2.62. The van der Waals surface area contributed by atoms with E-state index in [-0.39, 0.29) is 22.7 Å². The van der Waals surface area contributed by atoms with Crippen molar-refractivity contribution in [2.75, 3.05) is 13.2 Å². The highest BCUT2D eigenvalue weighted by Crippen LogP contribution is 2.68. The minimum atomic E-state index is -0.315. The van der Waals surface area contributed by atoms with Crippen molar-refractivity contribution in [1.82, 2.24) is 0 Å². The van der Waals surface area contributed by atoms with Gasteiger partial charge in [-0.1, -0.05) is 26.2 Å². The Morgan fingerprint density at radius 3 is 2.30 bits per heavy atom. The molecular formula is C17H28O3. The Bertz CT molecular complexity index is 382. The Balaban J connectivity index is 1.78. The van der Waals surface area contributed by atoms with Crippen molar-refractivity contribution in [3.63, 3.8) is 0 Å². The SMILES string of the molecule is C[C@]12CCC3(OCCO3)C3(CCCC3)[C@@H]1CCC[C@@H]2O. The van der Waals surface area contributed by atoms with Gasteiger partial charge in [-0.05, 0) is 43.4 Å². The van der Waals surface area contributed by atoms with Gasteiger partial charge < -0.3 is 14.6 Å². The first-order valence-electron chi connectivity index (χ1n) is 8.59. The van der Waals surface area contributed by atoms with Crippen molar-refractivity contribution < 1.29 is 14.6 Å². The largest absolute Gasteiger partial charge is 0.393 e. The van der Waals surface area contributed by atoms with Crippen molar-refractivity contribution in [1.29, 1.82) is 0 Å². The minimum absolute atomic E-state index is 0.0865. The summed E-state index contributed by atoms with van der Waals surface area (Å²) in [5, 5.41) is 10.7. The summed E-state index contributed by atoms with van der Waals surface area (Å²) in [5.41, 5.74) is 0.265. The van der Waals surface area contributed by atoms with Gasteiger partial charge >= 0.3 is 0 Å². The predicted molar refractivity (Wildman–Crippen MR) is 76.2 cm³/mol. The van der Waals surface area contributed by atoms with E-state index in [1.807, 2.05) is 0 Å². The molecule has 0 radical (unpaired) electrons. The van der Waals surface area contributed by atoms with Gasteiger partial charge in [-0.15, -0.1) is 0 Å². The number of aliphatic hydroxyl groups excluding tert-OH is 1. The van der Waals surface area contributed by atoms with Crippen LogP contribution in [0.2, 0.25) is 0 Å². The van der Waals surface area contributed by atoms with Gasteiger partial charge in [-0.2, -0.15) is 0 Å². The fourth-order valence-electron chi connectivity index (χ4n) is 6.23. The molecular weight excluding hydrogens is 252 g/mol. The highest BCUT2D eigenvalue weighted by molar-refractivity contribution is 5.13. The van der Waals surface area contributed by atoms with Crippen LogP contribution in [0.4, 0.5) is 0 Å². The van der Waals surface area contributed by atoms with Crippen LogP contribution in [0, 0.1) is 16.7 Å². The van der Waals surface area contributed by atoms with Crippen LogP contribution < -0.4 is 0 Å². The molecule has 0 aromatic heterocycles. The Morgan fingerprint density at radius 2 is 1.60 bits per heavy atom. The Kier molecular flexibility index (Phi) is 3.00. The van der Waals surface area contributed by atoms with Gasteiger partial charge in [0.05, 0.1) is 19.3 Å². The Labute approximate surface area is 122 Å². The molecule has 0 bridgehead atoms. The molecule has 1 heterocycles. The molecule has 114 valence electrons. The lowest BCUT2D eigenvalue weighted by atomic mass is 9.47. The third-order valence-corrected chi connectivity index (χ3v) is 7.20. The fraction of sp³-hybridized carbons (Fsp3) is 1.00. The standard InChI is InChI=1S/C17H28O3/c1-15-9-10-17(19-11-12-20-17)16(7-2-3-8-16)13(15)5-4-6-14(15)18/h13-14,18H,2-12H2,1H3/t13-,14+,15+/m1/s1. The van der Waals surface area contributed by atoms with Crippen LogP contribution >= 0.6 is 0 Å². The van der Waals surface area contributed by atoms with E-state index >= 15 is 0 Å². The molecule has 0 aromatic rings. The van der Waals surface area contributed by atoms with E-state index in [0.717, 1.165) is 32.5 Å². The van der Waals surface area contributed by atoms with Crippen LogP contribution in [0.15, 0.2) is 0 Å². The van der Waals surface area contributed by atoms with Gasteiger partial charge in [0.25, 0.3) is 0 Å². The van der Waals surface area contributed by atoms with Crippen LogP contribution in [0.5, 0.6) is 0 Å². The third-order valence-electron chi connectivity index (χ3n) is 7.20. The summed E-state index contributed by atoms with van der Waals surface area (Å²) < 4.78 is 12.5. The first kappa shape index (κ1) is 13.5. The van der Waals surface area contributed by atoms with Crippen molar-refractivity contribution in [2.24, 2.45) is 16.7 Å². The highest BCUT2D eigenvalue weighted by Gasteiger charge is 2.68. The molecule has 2 spiro atoms. The normalized spacial score (nSPS) is 45.9. The molecule has 1 aliphatic heterocycles. The molecule has 1 saturated heterocycles. The molecule has 0 aromatic carbocycles.